The van der Waals surface area contributed by atoms with E-state index in [-0.39, 0.29) is 0 Å². The van der Waals surface area contributed by atoms with Gasteiger partial charge in [-0.15, -0.1) is 10.2 Å². The minimum Gasteiger partial charge on any atom is -0.266 e. The highest BCUT2D eigenvalue weighted by atomic mass is 35.5. The van der Waals surface area contributed by atoms with E-state index in [4.69, 9.17) is 11.6 Å². The SMILES string of the molecule is Clc1cncc2nnc(C3CC4CC4C3)n12. The van der Waals surface area contributed by atoms with Gasteiger partial charge in [-0.25, -0.2) is 0 Å². The van der Waals surface area contributed by atoms with E-state index in [0.29, 0.717) is 11.1 Å². The molecule has 2 atom stereocenters. The summed E-state index contributed by atoms with van der Waals surface area (Å²) in [5, 5.41) is 9.02. The topological polar surface area (TPSA) is 43.1 Å². The van der Waals surface area contributed by atoms with Crippen LogP contribution in [0.25, 0.3) is 5.65 Å². The van der Waals surface area contributed by atoms with Crippen molar-refractivity contribution in [3.8, 4) is 0 Å². The van der Waals surface area contributed by atoms with E-state index in [1.165, 1.54) is 19.3 Å². The monoisotopic (exact) mass is 234 g/mol. The second kappa shape index (κ2) is 2.94. The summed E-state index contributed by atoms with van der Waals surface area (Å²) in [5.74, 6) is 3.45. The first-order valence-corrected chi connectivity index (χ1v) is 6.05. The van der Waals surface area contributed by atoms with Crippen LogP contribution in [0.2, 0.25) is 5.15 Å². The molecule has 82 valence electrons. The molecule has 0 N–H and O–H groups in total. The lowest BCUT2D eigenvalue weighted by Gasteiger charge is -2.09. The Morgan fingerprint density at radius 1 is 1.12 bits per heavy atom. The van der Waals surface area contributed by atoms with Crippen LogP contribution in [0.5, 0.6) is 0 Å². The van der Waals surface area contributed by atoms with Crippen molar-refractivity contribution in [2.45, 2.75) is 25.2 Å². The van der Waals surface area contributed by atoms with Crippen molar-refractivity contribution in [2.24, 2.45) is 11.8 Å². The van der Waals surface area contributed by atoms with E-state index in [1.54, 1.807) is 12.4 Å². The van der Waals surface area contributed by atoms with Crippen LogP contribution in [0.1, 0.15) is 31.0 Å². The van der Waals surface area contributed by atoms with E-state index >= 15 is 0 Å². The minimum atomic E-state index is 0.540. The molecule has 4 nitrogen and oxygen atoms in total. The molecule has 0 amide bonds. The lowest BCUT2D eigenvalue weighted by atomic mass is 10.0. The van der Waals surface area contributed by atoms with Crippen molar-refractivity contribution < 1.29 is 0 Å². The molecule has 0 aliphatic heterocycles. The fraction of sp³-hybridized carbons (Fsp3) is 0.545. The number of nitrogens with zero attached hydrogens (tertiary/aromatic N) is 4. The van der Waals surface area contributed by atoms with Crippen LogP contribution in [0.4, 0.5) is 0 Å². The average molecular weight is 235 g/mol. The minimum absolute atomic E-state index is 0.540. The normalized spacial score (nSPS) is 31.9. The maximum absolute atomic E-state index is 6.15. The highest BCUT2D eigenvalue weighted by molar-refractivity contribution is 6.29. The van der Waals surface area contributed by atoms with Crippen molar-refractivity contribution in [2.75, 3.05) is 0 Å². The molecular formula is C11H11ClN4. The van der Waals surface area contributed by atoms with E-state index in [1.807, 2.05) is 4.40 Å². The third-order valence-corrected chi connectivity index (χ3v) is 4.17. The Balaban J connectivity index is 1.85. The Morgan fingerprint density at radius 2 is 1.94 bits per heavy atom. The molecule has 2 aliphatic carbocycles. The molecule has 0 bridgehead atoms. The zero-order valence-electron chi connectivity index (χ0n) is 8.67. The van der Waals surface area contributed by atoms with Gasteiger partial charge in [-0.2, -0.15) is 0 Å². The first-order chi connectivity index (χ1) is 7.83. The number of halogens is 1. The summed E-state index contributed by atoms with van der Waals surface area (Å²) in [6, 6.07) is 0. The van der Waals surface area contributed by atoms with Gasteiger partial charge in [-0.3, -0.25) is 9.38 Å². The number of aromatic nitrogens is 4. The molecule has 2 aromatic heterocycles. The first-order valence-electron chi connectivity index (χ1n) is 5.67. The van der Waals surface area contributed by atoms with Crippen molar-refractivity contribution >= 4 is 17.2 Å². The fourth-order valence-corrected chi connectivity index (χ4v) is 3.25. The first kappa shape index (κ1) is 8.93. The number of hydrogen-bond donors (Lipinski definition) is 0. The van der Waals surface area contributed by atoms with Crippen molar-refractivity contribution in [1.29, 1.82) is 0 Å². The smallest absolute Gasteiger partial charge is 0.180 e. The molecule has 0 radical (unpaired) electrons. The van der Waals surface area contributed by atoms with E-state index in [9.17, 15) is 0 Å². The Labute approximate surface area is 97.7 Å². The zero-order chi connectivity index (χ0) is 10.7. The predicted octanol–water partition coefficient (Wildman–Crippen LogP) is 2.29. The summed E-state index contributed by atoms with van der Waals surface area (Å²) >= 11 is 6.15. The van der Waals surface area contributed by atoms with Crippen LogP contribution in [0, 0.1) is 11.8 Å². The van der Waals surface area contributed by atoms with Gasteiger partial charge in [0.15, 0.2) is 5.65 Å². The van der Waals surface area contributed by atoms with Crippen LogP contribution in [0.3, 0.4) is 0 Å². The summed E-state index contributed by atoms with van der Waals surface area (Å²) in [6.45, 7) is 0. The second-order valence-corrected chi connectivity index (χ2v) is 5.29. The molecule has 0 spiro atoms. The van der Waals surface area contributed by atoms with E-state index in [2.05, 4.69) is 15.2 Å². The Bertz CT molecular complexity index is 554. The van der Waals surface area contributed by atoms with Gasteiger partial charge in [0.05, 0.1) is 12.4 Å². The number of hydrogen-bond acceptors (Lipinski definition) is 3. The molecule has 4 rings (SSSR count). The Kier molecular flexibility index (Phi) is 1.64. The van der Waals surface area contributed by atoms with Gasteiger partial charge >= 0.3 is 0 Å². The van der Waals surface area contributed by atoms with Crippen LogP contribution in [-0.4, -0.2) is 19.6 Å². The van der Waals surface area contributed by atoms with E-state index < -0.39 is 0 Å². The van der Waals surface area contributed by atoms with Gasteiger partial charge < -0.3 is 0 Å². The largest absolute Gasteiger partial charge is 0.266 e. The third-order valence-electron chi connectivity index (χ3n) is 3.91. The fourth-order valence-electron chi connectivity index (χ4n) is 3.02. The van der Waals surface area contributed by atoms with E-state index in [0.717, 1.165) is 23.3 Å². The molecule has 16 heavy (non-hydrogen) atoms. The third kappa shape index (κ3) is 1.13. The van der Waals surface area contributed by atoms with Gasteiger partial charge in [-0.05, 0) is 31.1 Å². The standard InChI is InChI=1S/C11H11ClN4/c12-9-4-13-5-10-14-15-11(16(9)10)8-2-6-1-7(6)3-8/h4-8H,1-3H2. The van der Waals surface area contributed by atoms with Crippen molar-refractivity contribution in [3.63, 3.8) is 0 Å². The molecule has 0 aromatic carbocycles. The van der Waals surface area contributed by atoms with Crippen molar-refractivity contribution in [1.82, 2.24) is 19.6 Å². The summed E-state index contributed by atoms with van der Waals surface area (Å²) in [4.78, 5) is 4.02. The molecule has 2 fully saturated rings. The molecule has 2 aromatic rings. The lowest BCUT2D eigenvalue weighted by Crippen LogP contribution is -2.03. The quantitative estimate of drug-likeness (QED) is 0.761. The van der Waals surface area contributed by atoms with Gasteiger partial charge in [-0.1, -0.05) is 11.6 Å². The van der Waals surface area contributed by atoms with Crippen LogP contribution >= 0.6 is 11.6 Å². The maximum Gasteiger partial charge on any atom is 0.180 e. The van der Waals surface area contributed by atoms with Crippen LogP contribution in [-0.2, 0) is 0 Å². The Hall–Kier alpha value is -1.16. The lowest BCUT2D eigenvalue weighted by molar-refractivity contribution is 0.584. The number of fused-ring (bicyclic) bond motifs is 2. The number of rotatable bonds is 1. The predicted molar refractivity (Wildman–Crippen MR) is 59.4 cm³/mol. The van der Waals surface area contributed by atoms with Crippen LogP contribution < -0.4 is 0 Å². The van der Waals surface area contributed by atoms with Crippen LogP contribution in [0.15, 0.2) is 12.4 Å². The molecule has 2 heterocycles. The second-order valence-electron chi connectivity index (χ2n) is 4.91. The zero-order valence-corrected chi connectivity index (χ0v) is 9.43. The summed E-state index contributed by atoms with van der Waals surface area (Å²) in [5.41, 5.74) is 0.753. The summed E-state index contributed by atoms with van der Waals surface area (Å²) < 4.78 is 1.93. The van der Waals surface area contributed by atoms with Gasteiger partial charge in [0.1, 0.15) is 11.0 Å². The van der Waals surface area contributed by atoms with Crippen molar-refractivity contribution in [3.05, 3.63) is 23.4 Å². The highest BCUT2D eigenvalue weighted by Crippen LogP contribution is 2.57. The van der Waals surface area contributed by atoms with Gasteiger partial charge in [0.2, 0.25) is 0 Å². The molecule has 0 saturated heterocycles. The highest BCUT2D eigenvalue weighted by Gasteiger charge is 2.47. The van der Waals surface area contributed by atoms with Gasteiger partial charge in [0, 0.05) is 5.92 Å². The molecule has 2 saturated carbocycles. The molecule has 2 unspecified atom stereocenters. The summed E-state index contributed by atoms with van der Waals surface area (Å²) in [6.07, 6.45) is 7.28. The Morgan fingerprint density at radius 3 is 2.75 bits per heavy atom. The molecule has 5 heteroatoms. The molecular weight excluding hydrogens is 224 g/mol. The summed E-state index contributed by atoms with van der Waals surface area (Å²) in [7, 11) is 0. The molecule has 2 aliphatic rings. The average Bonchev–Trinajstić information content (AvgIpc) is 2.77. The van der Waals surface area contributed by atoms with Gasteiger partial charge in [0.25, 0.3) is 0 Å². The maximum atomic E-state index is 6.15.